The number of anilines is 3. The van der Waals surface area contributed by atoms with Crippen molar-refractivity contribution in [3.8, 4) is 5.75 Å². The van der Waals surface area contributed by atoms with Crippen molar-refractivity contribution in [1.82, 2.24) is 14.9 Å². The molecule has 40 heavy (non-hydrogen) atoms. The number of hydrogen-bond donors (Lipinski definition) is 2. The molecule has 0 bridgehead atoms. The van der Waals surface area contributed by atoms with E-state index in [4.69, 9.17) is 22.4 Å². The van der Waals surface area contributed by atoms with E-state index in [1.807, 2.05) is 30.3 Å². The first-order chi connectivity index (χ1) is 19.7. The molecule has 3 fully saturated rings. The predicted molar refractivity (Wildman–Crippen MR) is 156 cm³/mol. The molecule has 7 nitrogen and oxygen atoms in total. The van der Waals surface area contributed by atoms with E-state index >= 15 is 0 Å². The third-order valence-electron chi connectivity index (χ3n) is 8.35. The lowest BCUT2D eigenvalue weighted by atomic mass is 9.92. The lowest BCUT2D eigenvalue weighted by Crippen LogP contribution is -2.50. The molecule has 0 radical (unpaired) electrons. The highest BCUT2D eigenvalue weighted by Crippen LogP contribution is 2.39. The summed E-state index contributed by atoms with van der Waals surface area (Å²) in [6.07, 6.45) is 5.30. The van der Waals surface area contributed by atoms with Gasteiger partial charge >= 0.3 is 0 Å². The second kappa shape index (κ2) is 11.5. The Kier molecular flexibility index (Phi) is 7.48. The lowest BCUT2D eigenvalue weighted by molar-refractivity contribution is -0.0683. The number of fused-ring (bicyclic) bond motifs is 1. The van der Waals surface area contributed by atoms with E-state index in [0.717, 1.165) is 24.9 Å². The van der Waals surface area contributed by atoms with E-state index in [2.05, 4.69) is 39.3 Å². The fourth-order valence-electron chi connectivity index (χ4n) is 6.02. The number of benzene rings is 2. The normalized spacial score (nSPS) is 27.8. The molecule has 2 saturated heterocycles. The number of halogens is 2. The third kappa shape index (κ3) is 6.19. The summed E-state index contributed by atoms with van der Waals surface area (Å²) in [7, 11) is 0. The van der Waals surface area contributed by atoms with Gasteiger partial charge in [0.1, 0.15) is 11.8 Å². The summed E-state index contributed by atoms with van der Waals surface area (Å²) in [5.74, 6) is 0.429. The van der Waals surface area contributed by atoms with Gasteiger partial charge in [-0.1, -0.05) is 41.9 Å². The molecule has 0 amide bonds. The molecule has 2 N–H and O–H groups in total. The van der Waals surface area contributed by atoms with Crippen LogP contribution in [0.2, 0.25) is 5.02 Å². The quantitative estimate of drug-likeness (QED) is 0.290. The largest absolute Gasteiger partial charge is 0.489 e. The number of piperidine rings is 1. The predicted octanol–water partition coefficient (Wildman–Crippen LogP) is 6.96. The highest BCUT2D eigenvalue weighted by atomic mass is 35.5. The van der Waals surface area contributed by atoms with Crippen LogP contribution < -0.4 is 15.4 Å². The summed E-state index contributed by atoms with van der Waals surface area (Å²) < 4.78 is 35.1. The molecule has 0 spiro atoms. The Morgan fingerprint density at radius 2 is 1.98 bits per heavy atom. The minimum absolute atomic E-state index is 0.0246. The maximum absolute atomic E-state index is 14.6. The van der Waals surface area contributed by atoms with Gasteiger partial charge in [-0.15, -0.1) is 0 Å². The van der Waals surface area contributed by atoms with E-state index in [1.54, 1.807) is 18.2 Å². The monoisotopic (exact) mass is 566 g/mol. The van der Waals surface area contributed by atoms with E-state index in [-0.39, 0.29) is 29.5 Å². The van der Waals surface area contributed by atoms with Crippen molar-refractivity contribution >= 4 is 29.1 Å². The molecule has 0 unspecified atom stereocenters. The van der Waals surface area contributed by atoms with E-state index in [1.165, 1.54) is 19.0 Å². The molecule has 2 aromatic carbocycles. The SMILES string of the molecule is [2H]C1(Oc2ccc(Nc3ncc(F)c(N[C@H]4CCN5[C@@H](CCC5(C)C)C4)n3)cc2Cl)CC(OCc2ccccc2)C1. The van der Waals surface area contributed by atoms with Crippen LogP contribution in [0.1, 0.15) is 59.3 Å². The van der Waals surface area contributed by atoms with Crippen LogP contribution in [0.15, 0.2) is 54.7 Å². The van der Waals surface area contributed by atoms with Crippen LogP contribution in [-0.2, 0) is 11.3 Å². The van der Waals surface area contributed by atoms with Gasteiger partial charge in [0.2, 0.25) is 5.95 Å². The highest BCUT2D eigenvalue weighted by molar-refractivity contribution is 6.32. The molecule has 1 aromatic heterocycles. The average Bonchev–Trinajstić information content (AvgIpc) is 3.24. The third-order valence-corrected chi connectivity index (χ3v) is 8.64. The maximum atomic E-state index is 14.6. The number of nitrogens with one attached hydrogen (secondary N) is 2. The van der Waals surface area contributed by atoms with Crippen LogP contribution in [0.5, 0.6) is 5.75 Å². The molecule has 9 heteroatoms. The van der Waals surface area contributed by atoms with Crippen LogP contribution in [0.4, 0.5) is 21.8 Å². The van der Waals surface area contributed by atoms with Crippen molar-refractivity contribution < 1.29 is 15.2 Å². The topological polar surface area (TPSA) is 71.5 Å². The lowest BCUT2D eigenvalue weighted by Gasteiger charge is -2.42. The standard InChI is InChI=1S/C31H37ClFN5O2/c1-31(2)12-10-23-14-22(11-13-38(23)31)35-29-27(33)18-34-30(37-29)36-21-8-9-28(26(32)15-21)40-25-16-24(17-25)39-19-20-6-4-3-5-7-20/h3-9,15,18,22-25H,10-14,16-17,19H2,1-2H3,(H2,34,35,36,37)/t22-,23-,24?,25?/m0/s1/i25D. The second-order valence-electron chi connectivity index (χ2n) is 11.7. The first kappa shape index (κ1) is 26.0. The Hall–Kier alpha value is -2.94. The van der Waals surface area contributed by atoms with Gasteiger partial charge in [0.05, 0.1) is 25.3 Å². The Bertz CT molecular complexity index is 1370. The van der Waals surface area contributed by atoms with Gasteiger partial charge < -0.3 is 20.1 Å². The van der Waals surface area contributed by atoms with E-state index in [0.29, 0.717) is 41.9 Å². The molecular formula is C31H37ClFN5O2. The van der Waals surface area contributed by atoms with Crippen LogP contribution in [0.3, 0.4) is 0 Å². The van der Waals surface area contributed by atoms with Gasteiger partial charge in [-0.25, -0.2) is 9.37 Å². The van der Waals surface area contributed by atoms with Crippen molar-refractivity contribution in [2.75, 3.05) is 17.2 Å². The smallest absolute Gasteiger partial charge is 0.229 e. The zero-order valence-corrected chi connectivity index (χ0v) is 23.8. The summed E-state index contributed by atoms with van der Waals surface area (Å²) in [4.78, 5) is 11.1. The average molecular weight is 567 g/mol. The van der Waals surface area contributed by atoms with Crippen LogP contribution in [-0.4, -0.2) is 51.2 Å². The number of aromatic nitrogens is 2. The van der Waals surface area contributed by atoms with E-state index < -0.39 is 11.9 Å². The minimum atomic E-state index is -1.08. The Morgan fingerprint density at radius 3 is 2.77 bits per heavy atom. The molecule has 3 aromatic rings. The zero-order chi connectivity index (χ0) is 28.6. The molecule has 212 valence electrons. The van der Waals surface area contributed by atoms with Crippen molar-refractivity contribution in [2.45, 2.75) is 88.8 Å². The molecule has 6 rings (SSSR count). The van der Waals surface area contributed by atoms with Crippen molar-refractivity contribution in [1.29, 1.82) is 0 Å². The van der Waals surface area contributed by atoms with Gasteiger partial charge in [-0.2, -0.15) is 4.98 Å². The van der Waals surface area contributed by atoms with Crippen molar-refractivity contribution in [2.24, 2.45) is 0 Å². The summed E-state index contributed by atoms with van der Waals surface area (Å²) >= 11 is 6.51. The number of ether oxygens (including phenoxy) is 2. The minimum Gasteiger partial charge on any atom is -0.489 e. The number of nitrogens with zero attached hydrogens (tertiary/aromatic N) is 3. The summed E-state index contributed by atoms with van der Waals surface area (Å²) in [5.41, 5.74) is 1.99. The zero-order valence-electron chi connectivity index (χ0n) is 24.0. The second-order valence-corrected chi connectivity index (χ2v) is 12.1. The van der Waals surface area contributed by atoms with Gasteiger partial charge in [0.15, 0.2) is 11.6 Å². The van der Waals surface area contributed by atoms with Gasteiger partial charge in [0, 0.05) is 42.7 Å². The molecule has 2 atom stereocenters. The molecule has 3 aliphatic rings. The first-order valence-corrected chi connectivity index (χ1v) is 14.5. The molecule has 2 aliphatic heterocycles. The fraction of sp³-hybridized carbons (Fsp3) is 0.484. The van der Waals surface area contributed by atoms with Crippen LogP contribution >= 0.6 is 11.6 Å². The Balaban J connectivity index is 1.03. The number of rotatable bonds is 9. The molecule has 1 aliphatic carbocycles. The molecule has 3 heterocycles. The summed E-state index contributed by atoms with van der Waals surface area (Å²) in [6, 6.07) is 15.9. The Morgan fingerprint density at radius 1 is 1.15 bits per heavy atom. The van der Waals surface area contributed by atoms with Gasteiger partial charge in [-0.05, 0) is 63.3 Å². The van der Waals surface area contributed by atoms with Crippen molar-refractivity contribution in [3.63, 3.8) is 0 Å². The van der Waals surface area contributed by atoms with Crippen LogP contribution in [0.25, 0.3) is 0 Å². The molecular weight excluding hydrogens is 529 g/mol. The van der Waals surface area contributed by atoms with Crippen molar-refractivity contribution in [3.05, 3.63) is 71.1 Å². The Labute approximate surface area is 241 Å². The van der Waals surface area contributed by atoms with Gasteiger partial charge in [-0.3, -0.25) is 4.90 Å². The van der Waals surface area contributed by atoms with Crippen LogP contribution in [0, 0.1) is 5.82 Å². The summed E-state index contributed by atoms with van der Waals surface area (Å²) in [5, 5.41) is 6.80. The van der Waals surface area contributed by atoms with E-state index in [9.17, 15) is 4.39 Å². The fourth-order valence-corrected chi connectivity index (χ4v) is 6.24. The van der Waals surface area contributed by atoms with Gasteiger partial charge in [0.25, 0.3) is 0 Å². The molecule has 1 saturated carbocycles. The summed E-state index contributed by atoms with van der Waals surface area (Å²) in [6.45, 7) is 6.14. The maximum Gasteiger partial charge on any atom is 0.229 e. The first-order valence-electron chi connectivity index (χ1n) is 14.6. The highest BCUT2D eigenvalue weighted by Gasteiger charge is 2.42. The number of hydrogen-bond acceptors (Lipinski definition) is 7.